The van der Waals surface area contributed by atoms with Gasteiger partial charge in [0.1, 0.15) is 0 Å². The van der Waals surface area contributed by atoms with Crippen LogP contribution in [0.25, 0.3) is 0 Å². The van der Waals surface area contributed by atoms with Gasteiger partial charge >= 0.3 is 5.97 Å². The lowest BCUT2D eigenvalue weighted by Crippen LogP contribution is -2.58. The van der Waals surface area contributed by atoms with E-state index in [0.29, 0.717) is 18.4 Å². The summed E-state index contributed by atoms with van der Waals surface area (Å²) in [4.78, 5) is 24.0. The molecular weight excluding hydrogens is 324 g/mol. The minimum Gasteiger partial charge on any atom is -0.504 e. The van der Waals surface area contributed by atoms with Gasteiger partial charge in [0, 0.05) is 24.2 Å². The van der Waals surface area contributed by atoms with E-state index in [1.807, 2.05) is 13.8 Å². The molecule has 4 atom stereocenters. The molecule has 0 radical (unpaired) electrons. The summed E-state index contributed by atoms with van der Waals surface area (Å²) in [5, 5.41) is 30.8. The molecule has 0 heterocycles. The number of benzene rings is 1. The van der Waals surface area contributed by atoms with Crippen molar-refractivity contribution in [1.82, 2.24) is 0 Å². The van der Waals surface area contributed by atoms with Gasteiger partial charge in [0.25, 0.3) is 0 Å². The Morgan fingerprint density at radius 3 is 2.64 bits per heavy atom. The van der Waals surface area contributed by atoms with Crippen molar-refractivity contribution in [1.29, 1.82) is 0 Å². The summed E-state index contributed by atoms with van der Waals surface area (Å²) in [7, 11) is 0. The number of carbonyl (C=O) groups is 2. The fraction of sp³-hybridized carbons (Fsp3) is 0.579. The summed E-state index contributed by atoms with van der Waals surface area (Å²) in [5.74, 6) is -1.66. The van der Waals surface area contributed by atoms with E-state index in [1.54, 1.807) is 6.07 Å². The second-order valence-electron chi connectivity index (χ2n) is 7.81. The smallest absolute Gasteiger partial charge is 0.302 e. The van der Waals surface area contributed by atoms with E-state index in [4.69, 9.17) is 4.74 Å². The Morgan fingerprint density at radius 2 is 2.00 bits per heavy atom. The molecule has 1 aromatic rings. The van der Waals surface area contributed by atoms with Crippen LogP contribution < -0.4 is 0 Å². The third-order valence-corrected chi connectivity index (χ3v) is 6.26. The first-order chi connectivity index (χ1) is 11.6. The topological polar surface area (TPSA) is 104 Å². The second-order valence-corrected chi connectivity index (χ2v) is 7.81. The Bertz CT molecular complexity index is 742. The number of ketones is 1. The molecule has 3 N–H and O–H groups in total. The van der Waals surface area contributed by atoms with Crippen LogP contribution in [0.1, 0.15) is 56.0 Å². The Morgan fingerprint density at radius 1 is 1.32 bits per heavy atom. The van der Waals surface area contributed by atoms with Crippen LogP contribution in [-0.4, -0.2) is 39.8 Å². The van der Waals surface area contributed by atoms with Crippen LogP contribution in [0.5, 0.6) is 11.5 Å². The maximum Gasteiger partial charge on any atom is 0.302 e. The van der Waals surface area contributed by atoms with Gasteiger partial charge in [-0.15, -0.1) is 0 Å². The van der Waals surface area contributed by atoms with E-state index in [2.05, 4.69) is 0 Å². The maximum absolute atomic E-state index is 12.7. The van der Waals surface area contributed by atoms with Gasteiger partial charge in [-0.05, 0) is 30.4 Å². The number of phenols is 2. The van der Waals surface area contributed by atoms with E-state index in [-0.39, 0.29) is 42.0 Å². The Labute approximate surface area is 146 Å². The van der Waals surface area contributed by atoms with Gasteiger partial charge in [-0.2, -0.15) is 0 Å². The van der Waals surface area contributed by atoms with Crippen LogP contribution in [0.3, 0.4) is 0 Å². The number of phenolic OH excluding ortho intramolecular Hbond substituents is 2. The molecule has 0 aromatic heterocycles. The van der Waals surface area contributed by atoms with Crippen LogP contribution in [0.15, 0.2) is 12.1 Å². The average Bonchev–Trinajstić information content (AvgIpc) is 2.55. The fourth-order valence-electron chi connectivity index (χ4n) is 4.76. The van der Waals surface area contributed by atoms with Gasteiger partial charge in [-0.25, -0.2) is 0 Å². The van der Waals surface area contributed by atoms with E-state index in [0.717, 1.165) is 0 Å². The van der Waals surface area contributed by atoms with Gasteiger partial charge in [0.05, 0.1) is 18.3 Å². The molecule has 0 aliphatic heterocycles. The SMILES string of the molecule is CC(=O)OC[C@@]1(C)CC[C@@H](O)[C@]2(C)c3ccc(O)c(O)c3C(=O)CC12. The zero-order chi connectivity index (χ0) is 18.6. The van der Waals surface area contributed by atoms with Crippen molar-refractivity contribution >= 4 is 11.8 Å². The van der Waals surface area contributed by atoms with Crippen molar-refractivity contribution in [2.24, 2.45) is 11.3 Å². The van der Waals surface area contributed by atoms with Crippen LogP contribution in [-0.2, 0) is 14.9 Å². The van der Waals surface area contributed by atoms with Crippen LogP contribution in [0.4, 0.5) is 0 Å². The quantitative estimate of drug-likeness (QED) is 0.559. The molecule has 0 bridgehead atoms. The Hall–Kier alpha value is -2.08. The van der Waals surface area contributed by atoms with Gasteiger partial charge in [0.2, 0.25) is 0 Å². The first-order valence-electron chi connectivity index (χ1n) is 8.51. The number of ether oxygens (including phenoxy) is 1. The first-order valence-corrected chi connectivity index (χ1v) is 8.51. The highest BCUT2D eigenvalue weighted by Gasteiger charge is 2.58. The number of rotatable bonds is 2. The van der Waals surface area contributed by atoms with Crippen molar-refractivity contribution in [3.05, 3.63) is 23.3 Å². The molecule has 1 fully saturated rings. The molecule has 3 rings (SSSR count). The van der Waals surface area contributed by atoms with E-state index in [1.165, 1.54) is 13.0 Å². The number of Topliss-reactive ketones (excluding diaryl/α,β-unsaturated/α-hetero) is 1. The molecule has 136 valence electrons. The van der Waals surface area contributed by atoms with E-state index in [9.17, 15) is 24.9 Å². The Balaban J connectivity index is 2.14. The maximum atomic E-state index is 12.7. The highest BCUT2D eigenvalue weighted by atomic mass is 16.5. The molecule has 2 aliphatic carbocycles. The van der Waals surface area contributed by atoms with Gasteiger partial charge in [-0.1, -0.05) is 19.9 Å². The van der Waals surface area contributed by atoms with Crippen molar-refractivity contribution in [3.63, 3.8) is 0 Å². The number of aliphatic hydroxyl groups is 1. The largest absolute Gasteiger partial charge is 0.504 e. The van der Waals surface area contributed by atoms with Crippen molar-refractivity contribution in [2.75, 3.05) is 6.61 Å². The van der Waals surface area contributed by atoms with Gasteiger partial charge in [0.15, 0.2) is 17.3 Å². The third kappa shape index (κ3) is 2.51. The zero-order valence-electron chi connectivity index (χ0n) is 14.7. The van der Waals surface area contributed by atoms with Gasteiger partial charge < -0.3 is 20.1 Å². The molecule has 6 nitrogen and oxygen atoms in total. The highest BCUT2D eigenvalue weighted by molar-refractivity contribution is 6.02. The summed E-state index contributed by atoms with van der Waals surface area (Å²) in [6, 6.07) is 2.95. The van der Waals surface area contributed by atoms with Crippen LogP contribution >= 0.6 is 0 Å². The molecule has 0 spiro atoms. The predicted molar refractivity (Wildman–Crippen MR) is 89.5 cm³/mol. The molecule has 25 heavy (non-hydrogen) atoms. The molecular formula is C19H24O6. The van der Waals surface area contributed by atoms with Crippen molar-refractivity contribution in [2.45, 2.75) is 51.6 Å². The standard InChI is InChI=1S/C19H24O6/c1-10(20)25-9-18(2)7-6-15(23)19(3)11-4-5-12(21)17(24)16(11)13(22)8-14(18)19/h4-5,14-15,21,23-24H,6-9H2,1-3H3/t14?,15-,18-,19-/m1/s1. The summed E-state index contributed by atoms with van der Waals surface area (Å²) in [6.45, 7) is 5.39. The second kappa shape index (κ2) is 5.73. The number of fused-ring (bicyclic) bond motifs is 3. The normalized spacial score (nSPS) is 34.2. The first kappa shape index (κ1) is 17.7. The lowest BCUT2D eigenvalue weighted by atomic mass is 9.48. The molecule has 1 saturated carbocycles. The zero-order valence-corrected chi connectivity index (χ0v) is 14.7. The number of hydrogen-bond donors (Lipinski definition) is 3. The Kier molecular flexibility index (Phi) is 4.06. The van der Waals surface area contributed by atoms with E-state index < -0.39 is 22.7 Å². The molecule has 0 amide bonds. The van der Waals surface area contributed by atoms with Crippen molar-refractivity contribution in [3.8, 4) is 11.5 Å². The number of esters is 1. The van der Waals surface area contributed by atoms with Crippen molar-refractivity contribution < 1.29 is 29.6 Å². The lowest BCUT2D eigenvalue weighted by Gasteiger charge is -2.56. The molecule has 0 saturated heterocycles. The third-order valence-electron chi connectivity index (χ3n) is 6.26. The van der Waals surface area contributed by atoms with Crippen LogP contribution in [0, 0.1) is 11.3 Å². The minimum atomic E-state index is -0.776. The molecule has 1 aromatic carbocycles. The van der Waals surface area contributed by atoms with Crippen LogP contribution in [0.2, 0.25) is 0 Å². The van der Waals surface area contributed by atoms with Gasteiger partial charge in [-0.3, -0.25) is 9.59 Å². The molecule has 2 aliphatic rings. The minimum absolute atomic E-state index is 0.0922. The summed E-state index contributed by atoms with van der Waals surface area (Å²) >= 11 is 0. The van der Waals surface area contributed by atoms with E-state index >= 15 is 0 Å². The fourth-order valence-corrected chi connectivity index (χ4v) is 4.76. The summed E-state index contributed by atoms with van der Waals surface area (Å²) < 4.78 is 5.26. The number of hydrogen-bond acceptors (Lipinski definition) is 6. The number of carbonyl (C=O) groups excluding carboxylic acids is 2. The average molecular weight is 348 g/mol. The molecule has 6 heteroatoms. The monoisotopic (exact) mass is 348 g/mol. The predicted octanol–water partition coefficient (Wildman–Crippen LogP) is 2.28. The number of aliphatic hydroxyl groups excluding tert-OH is 1. The highest BCUT2D eigenvalue weighted by Crippen LogP contribution is 2.58. The lowest BCUT2D eigenvalue weighted by molar-refractivity contribution is -0.151. The summed E-state index contributed by atoms with van der Waals surface area (Å²) in [6.07, 6.45) is 0.558. The molecule has 1 unspecified atom stereocenters. The number of aromatic hydroxyl groups is 2. The summed E-state index contributed by atoms with van der Waals surface area (Å²) in [5.41, 5.74) is -0.595.